The highest BCUT2D eigenvalue weighted by atomic mass is 16.3. The van der Waals surface area contributed by atoms with Crippen LogP contribution in [0.15, 0.2) is 42.6 Å². The van der Waals surface area contributed by atoms with Crippen LogP contribution in [0.2, 0.25) is 0 Å². The zero-order valence-electron chi connectivity index (χ0n) is 10.1. The summed E-state index contributed by atoms with van der Waals surface area (Å²) in [5, 5.41) is 12.3. The summed E-state index contributed by atoms with van der Waals surface area (Å²) >= 11 is 0. The van der Waals surface area contributed by atoms with Gasteiger partial charge in [0.25, 0.3) is 0 Å². The smallest absolute Gasteiger partial charge is 0.0681 e. The molecule has 0 radical (unpaired) electrons. The van der Waals surface area contributed by atoms with Gasteiger partial charge in [0, 0.05) is 32.0 Å². The number of aromatic nitrogens is 1. The fraction of sp³-hybridized carbons (Fsp3) is 0.286. The standard InChI is InChI=1S/C14H18N2O/c1-16-8-2-3-14(16)10-15-9-12-4-6-13(11-17)7-5-12/h2-8,15,17H,9-11H2,1H3. The largest absolute Gasteiger partial charge is 0.392 e. The average molecular weight is 230 g/mol. The minimum absolute atomic E-state index is 0.108. The van der Waals surface area contributed by atoms with Crippen LogP contribution in [0.5, 0.6) is 0 Å². The van der Waals surface area contributed by atoms with Gasteiger partial charge in [-0.3, -0.25) is 0 Å². The third kappa shape index (κ3) is 3.19. The summed E-state index contributed by atoms with van der Waals surface area (Å²) in [6.45, 7) is 1.82. The van der Waals surface area contributed by atoms with Crippen LogP contribution >= 0.6 is 0 Å². The Morgan fingerprint density at radius 2 is 1.76 bits per heavy atom. The second-order valence-electron chi connectivity index (χ2n) is 4.19. The molecule has 3 nitrogen and oxygen atoms in total. The van der Waals surface area contributed by atoms with E-state index in [0.717, 1.165) is 18.7 Å². The Balaban J connectivity index is 1.83. The quantitative estimate of drug-likeness (QED) is 0.822. The first kappa shape index (κ1) is 11.9. The summed E-state index contributed by atoms with van der Waals surface area (Å²) in [7, 11) is 2.05. The number of nitrogens with one attached hydrogen (secondary N) is 1. The van der Waals surface area contributed by atoms with E-state index in [1.807, 2.05) is 43.6 Å². The summed E-state index contributed by atoms with van der Waals surface area (Å²) in [4.78, 5) is 0. The van der Waals surface area contributed by atoms with E-state index < -0.39 is 0 Å². The van der Waals surface area contributed by atoms with Gasteiger partial charge in [0.2, 0.25) is 0 Å². The molecule has 0 saturated carbocycles. The molecule has 0 saturated heterocycles. The molecule has 0 amide bonds. The monoisotopic (exact) mass is 230 g/mol. The van der Waals surface area contributed by atoms with Crippen LogP contribution in [0.4, 0.5) is 0 Å². The van der Waals surface area contributed by atoms with Gasteiger partial charge in [-0.15, -0.1) is 0 Å². The summed E-state index contributed by atoms with van der Waals surface area (Å²) in [6, 6.07) is 12.2. The third-order valence-corrected chi connectivity index (χ3v) is 2.89. The zero-order valence-corrected chi connectivity index (χ0v) is 10.1. The third-order valence-electron chi connectivity index (χ3n) is 2.89. The van der Waals surface area contributed by atoms with E-state index in [9.17, 15) is 0 Å². The van der Waals surface area contributed by atoms with Crippen molar-refractivity contribution in [3.05, 3.63) is 59.4 Å². The van der Waals surface area contributed by atoms with E-state index in [1.54, 1.807) is 0 Å². The molecule has 2 aromatic rings. The number of hydrogen-bond donors (Lipinski definition) is 2. The molecule has 2 rings (SSSR count). The van der Waals surface area contributed by atoms with E-state index in [1.165, 1.54) is 11.3 Å². The van der Waals surface area contributed by atoms with Crippen molar-refractivity contribution in [2.75, 3.05) is 0 Å². The zero-order chi connectivity index (χ0) is 12.1. The number of aliphatic hydroxyl groups excluding tert-OH is 1. The van der Waals surface area contributed by atoms with Gasteiger partial charge in [-0.1, -0.05) is 24.3 Å². The summed E-state index contributed by atoms with van der Waals surface area (Å²) in [6.07, 6.45) is 2.05. The predicted octanol–water partition coefficient (Wildman–Crippen LogP) is 1.81. The molecular weight excluding hydrogens is 212 g/mol. The summed E-state index contributed by atoms with van der Waals surface area (Å²) < 4.78 is 2.11. The number of nitrogens with zero attached hydrogens (tertiary/aromatic N) is 1. The lowest BCUT2D eigenvalue weighted by Gasteiger charge is -2.06. The van der Waals surface area contributed by atoms with Crippen molar-refractivity contribution in [3.63, 3.8) is 0 Å². The molecule has 0 aliphatic heterocycles. The highest BCUT2D eigenvalue weighted by Crippen LogP contribution is 2.05. The number of rotatable bonds is 5. The van der Waals surface area contributed by atoms with Crippen molar-refractivity contribution < 1.29 is 5.11 Å². The number of aryl methyl sites for hydroxylation is 1. The van der Waals surface area contributed by atoms with Gasteiger partial charge >= 0.3 is 0 Å². The molecule has 0 aliphatic rings. The van der Waals surface area contributed by atoms with Crippen molar-refractivity contribution in [1.82, 2.24) is 9.88 Å². The minimum Gasteiger partial charge on any atom is -0.392 e. The maximum absolute atomic E-state index is 8.94. The number of benzene rings is 1. The van der Waals surface area contributed by atoms with Gasteiger partial charge in [0.1, 0.15) is 0 Å². The highest BCUT2D eigenvalue weighted by Gasteiger charge is 1.97. The molecular formula is C14H18N2O. The molecule has 1 aromatic carbocycles. The predicted molar refractivity (Wildman–Crippen MR) is 68.3 cm³/mol. The van der Waals surface area contributed by atoms with Crippen molar-refractivity contribution in [1.29, 1.82) is 0 Å². The van der Waals surface area contributed by atoms with Crippen LogP contribution in [0, 0.1) is 0 Å². The molecule has 1 aromatic heterocycles. The SMILES string of the molecule is Cn1cccc1CNCc1ccc(CO)cc1. The normalized spacial score (nSPS) is 10.7. The highest BCUT2D eigenvalue weighted by molar-refractivity contribution is 5.21. The van der Waals surface area contributed by atoms with Gasteiger partial charge < -0.3 is 15.0 Å². The van der Waals surface area contributed by atoms with Crippen molar-refractivity contribution in [2.24, 2.45) is 7.05 Å². The van der Waals surface area contributed by atoms with E-state index in [4.69, 9.17) is 5.11 Å². The molecule has 3 heteroatoms. The summed E-state index contributed by atoms with van der Waals surface area (Å²) in [5.74, 6) is 0. The second kappa shape index (κ2) is 5.66. The lowest BCUT2D eigenvalue weighted by molar-refractivity contribution is 0.282. The van der Waals surface area contributed by atoms with Gasteiger partial charge in [0.15, 0.2) is 0 Å². The first-order valence-corrected chi connectivity index (χ1v) is 5.79. The Morgan fingerprint density at radius 3 is 2.35 bits per heavy atom. The molecule has 17 heavy (non-hydrogen) atoms. The van der Waals surface area contributed by atoms with Gasteiger partial charge in [-0.05, 0) is 23.3 Å². The van der Waals surface area contributed by atoms with Gasteiger partial charge in [0.05, 0.1) is 6.61 Å². The Kier molecular flexibility index (Phi) is 3.96. The van der Waals surface area contributed by atoms with E-state index >= 15 is 0 Å². The second-order valence-corrected chi connectivity index (χ2v) is 4.19. The Bertz CT molecular complexity index is 459. The van der Waals surface area contributed by atoms with Crippen LogP contribution in [0.25, 0.3) is 0 Å². The molecule has 0 bridgehead atoms. The Morgan fingerprint density at radius 1 is 1.06 bits per heavy atom. The molecule has 0 fully saturated rings. The molecule has 2 N–H and O–H groups in total. The minimum atomic E-state index is 0.108. The molecule has 90 valence electrons. The van der Waals surface area contributed by atoms with Crippen LogP contribution < -0.4 is 5.32 Å². The lowest BCUT2D eigenvalue weighted by atomic mass is 10.1. The Labute approximate surface area is 102 Å². The average Bonchev–Trinajstić information content (AvgIpc) is 2.76. The molecule has 0 aliphatic carbocycles. The maximum Gasteiger partial charge on any atom is 0.0681 e. The topological polar surface area (TPSA) is 37.2 Å². The van der Waals surface area contributed by atoms with Crippen LogP contribution in [-0.2, 0) is 26.7 Å². The lowest BCUT2D eigenvalue weighted by Crippen LogP contribution is -2.14. The first-order valence-electron chi connectivity index (χ1n) is 5.79. The van der Waals surface area contributed by atoms with E-state index in [0.29, 0.717) is 0 Å². The van der Waals surface area contributed by atoms with Crippen molar-refractivity contribution >= 4 is 0 Å². The first-order chi connectivity index (χ1) is 8.29. The van der Waals surface area contributed by atoms with E-state index in [2.05, 4.69) is 16.0 Å². The number of hydrogen-bond acceptors (Lipinski definition) is 2. The van der Waals surface area contributed by atoms with Gasteiger partial charge in [-0.25, -0.2) is 0 Å². The van der Waals surface area contributed by atoms with Crippen LogP contribution in [0.1, 0.15) is 16.8 Å². The van der Waals surface area contributed by atoms with Crippen molar-refractivity contribution in [3.8, 4) is 0 Å². The van der Waals surface area contributed by atoms with Crippen LogP contribution in [-0.4, -0.2) is 9.67 Å². The molecule has 0 spiro atoms. The Hall–Kier alpha value is -1.58. The van der Waals surface area contributed by atoms with Crippen LogP contribution in [0.3, 0.4) is 0 Å². The van der Waals surface area contributed by atoms with E-state index in [-0.39, 0.29) is 6.61 Å². The molecule has 0 atom stereocenters. The maximum atomic E-state index is 8.94. The summed E-state index contributed by atoms with van der Waals surface area (Å²) in [5.41, 5.74) is 3.46. The number of aliphatic hydroxyl groups is 1. The fourth-order valence-electron chi connectivity index (χ4n) is 1.78. The fourth-order valence-corrected chi connectivity index (χ4v) is 1.78. The van der Waals surface area contributed by atoms with Crippen molar-refractivity contribution in [2.45, 2.75) is 19.7 Å². The van der Waals surface area contributed by atoms with Gasteiger partial charge in [-0.2, -0.15) is 0 Å². The molecule has 0 unspecified atom stereocenters. The molecule has 1 heterocycles.